The molecule has 2 aliphatic rings. The molecule has 1 saturated heterocycles. The maximum absolute atomic E-state index is 15.6. The second-order valence-corrected chi connectivity index (χ2v) is 22.4. The highest BCUT2D eigenvalue weighted by atomic mass is 16.7. The first kappa shape index (κ1) is 70.3. The van der Waals surface area contributed by atoms with Crippen LogP contribution in [0.5, 0.6) is 23.0 Å². The van der Waals surface area contributed by atoms with Gasteiger partial charge in [0.05, 0.1) is 93.4 Å². The van der Waals surface area contributed by atoms with Crippen molar-refractivity contribution in [2.75, 3.05) is 68.8 Å². The number of amides is 1. The number of esters is 1. The van der Waals surface area contributed by atoms with Gasteiger partial charge in [-0.25, -0.2) is 4.79 Å². The Bertz CT molecular complexity index is 3310. The number of ether oxygens (including phenoxy) is 17. The molecule has 20 nitrogen and oxygen atoms in total. The van der Waals surface area contributed by atoms with E-state index >= 15 is 4.79 Å². The Kier molecular flexibility index (Phi) is 28.2. The van der Waals surface area contributed by atoms with Crippen molar-refractivity contribution in [2.45, 2.75) is 114 Å². The monoisotopic (exact) mass is 1290 g/mol. The van der Waals surface area contributed by atoms with Crippen LogP contribution in [0.1, 0.15) is 53.1 Å². The Morgan fingerprint density at radius 3 is 1.48 bits per heavy atom. The number of carbonyl (C=O) groups is 2. The zero-order chi connectivity index (χ0) is 65.6. The smallest absolute Gasteiger partial charge is 0.338 e. The van der Waals surface area contributed by atoms with E-state index in [1.807, 2.05) is 170 Å². The lowest BCUT2D eigenvalue weighted by Gasteiger charge is -2.50. The maximum atomic E-state index is 15.6. The minimum Gasteiger partial charge on any atom is -0.497 e. The maximum Gasteiger partial charge on any atom is 0.338 e. The summed E-state index contributed by atoms with van der Waals surface area (Å²) in [4.78, 5) is 29.4. The average molecular weight is 1290 g/mol. The number of methoxy groups -OCH3 is 4. The van der Waals surface area contributed by atoms with Gasteiger partial charge in [-0.05, 0) is 93.6 Å². The van der Waals surface area contributed by atoms with Crippen LogP contribution < -0.4 is 24.3 Å². The van der Waals surface area contributed by atoms with Gasteiger partial charge in [-0.15, -0.1) is 0 Å². The van der Waals surface area contributed by atoms with Crippen LogP contribution in [0.2, 0.25) is 0 Å². The van der Waals surface area contributed by atoms with Gasteiger partial charge < -0.3 is 85.8 Å². The van der Waals surface area contributed by atoms with E-state index in [0.29, 0.717) is 28.6 Å². The van der Waals surface area contributed by atoms with E-state index in [4.69, 9.17) is 80.5 Å². The second kappa shape index (κ2) is 37.7. The first-order valence-electron chi connectivity index (χ1n) is 31.1. The topological polar surface area (TPSA) is 203 Å². The number of benzene rings is 7. The molecule has 7 aromatic rings. The summed E-state index contributed by atoms with van der Waals surface area (Å²) in [6, 6.07) is 59.6. The van der Waals surface area contributed by atoms with E-state index < -0.39 is 66.4 Å². The molecule has 2 heterocycles. The summed E-state index contributed by atoms with van der Waals surface area (Å²) < 4.78 is 108. The van der Waals surface area contributed by atoms with Crippen molar-refractivity contribution in [3.8, 4) is 23.0 Å². The van der Waals surface area contributed by atoms with Gasteiger partial charge in [0.15, 0.2) is 5.60 Å². The van der Waals surface area contributed by atoms with Gasteiger partial charge in [-0.2, -0.15) is 0 Å². The molecule has 20 heteroatoms. The molecular formula is C74H85NO19. The molecule has 0 aromatic heterocycles. The van der Waals surface area contributed by atoms with Crippen LogP contribution in [-0.4, -0.2) is 135 Å². The summed E-state index contributed by atoms with van der Waals surface area (Å²) in [5, 5.41) is 3.13. The standard InChI is InChI=1S/C74H85NO19/c1-53(76)75-69-65(89-50-84-43-55-20-12-7-13-21-55)40-74(73(77)81-5,94-72(69)71(91-52-86-45-57-24-16-9-17-25-57)66(90-51-85-44-56-22-14-8-15-23-56)47-87-49-83-42-54-18-10-6-11-19-54)39-60-38-68(92-64-36-34-63(80-4)35-37-64)93-67(48-82-41-58-26-30-61(78-2)31-27-58)70(60)88-46-59-28-32-62(79-3)33-29-59/h6-38,65-72H,39-52H2,1-5H3,(H,75,76)/t65-,66+,67+,68+,69+,70+,71-,72+,74+/m0/s1. The van der Waals surface area contributed by atoms with Gasteiger partial charge in [0, 0.05) is 19.8 Å². The van der Waals surface area contributed by atoms with Gasteiger partial charge in [-0.3, -0.25) is 4.79 Å². The highest BCUT2D eigenvalue weighted by Crippen LogP contribution is 2.43. The minimum atomic E-state index is -2.00. The molecular weight excluding hydrogens is 1210 g/mol. The zero-order valence-electron chi connectivity index (χ0n) is 53.8. The van der Waals surface area contributed by atoms with E-state index in [1.165, 1.54) is 14.0 Å². The molecule has 0 bridgehead atoms. The van der Waals surface area contributed by atoms with Gasteiger partial charge >= 0.3 is 5.97 Å². The summed E-state index contributed by atoms with van der Waals surface area (Å²) in [6.07, 6.45) is -6.38. The predicted octanol–water partition coefficient (Wildman–Crippen LogP) is 11.0. The molecule has 9 atom stereocenters. The van der Waals surface area contributed by atoms with Crippen LogP contribution >= 0.6 is 0 Å². The molecule has 1 N–H and O–H groups in total. The molecule has 0 spiro atoms. The number of hydrogen-bond acceptors (Lipinski definition) is 19. The first-order chi connectivity index (χ1) is 46.1. The Balaban J connectivity index is 1.13. The number of nitrogens with one attached hydrogen (secondary N) is 1. The second-order valence-electron chi connectivity index (χ2n) is 22.4. The van der Waals surface area contributed by atoms with Crippen molar-refractivity contribution in [1.29, 1.82) is 0 Å². The van der Waals surface area contributed by atoms with Gasteiger partial charge in [0.1, 0.15) is 80.7 Å². The molecule has 0 saturated carbocycles. The Morgan fingerprint density at radius 2 is 0.968 bits per heavy atom. The van der Waals surface area contributed by atoms with Crippen molar-refractivity contribution in [3.05, 3.63) is 239 Å². The number of rotatable bonds is 39. The van der Waals surface area contributed by atoms with Crippen LogP contribution in [0.15, 0.2) is 206 Å². The fourth-order valence-electron chi connectivity index (χ4n) is 11.0. The van der Waals surface area contributed by atoms with Gasteiger partial charge in [-0.1, -0.05) is 146 Å². The fraction of sp³-hybridized carbons (Fsp3) is 0.378. The van der Waals surface area contributed by atoms with Crippen LogP contribution in [0.3, 0.4) is 0 Å². The summed E-state index contributed by atoms with van der Waals surface area (Å²) in [6.45, 7) is 1.26. The normalized spacial score (nSPS) is 20.1. The Hall–Kier alpha value is -8.06. The van der Waals surface area contributed by atoms with Crippen molar-refractivity contribution in [2.24, 2.45) is 0 Å². The lowest BCUT2D eigenvalue weighted by atomic mass is 9.78. The summed E-state index contributed by atoms with van der Waals surface area (Å²) in [7, 11) is 6.08. The summed E-state index contributed by atoms with van der Waals surface area (Å²) >= 11 is 0. The highest BCUT2D eigenvalue weighted by Gasteiger charge is 2.58. The molecule has 94 heavy (non-hydrogen) atoms. The predicted molar refractivity (Wildman–Crippen MR) is 346 cm³/mol. The largest absolute Gasteiger partial charge is 0.497 e. The molecule has 9 rings (SSSR count). The molecule has 0 radical (unpaired) electrons. The zero-order valence-corrected chi connectivity index (χ0v) is 53.8. The first-order valence-corrected chi connectivity index (χ1v) is 31.1. The molecule has 2 aliphatic heterocycles. The molecule has 1 fully saturated rings. The van der Waals surface area contributed by atoms with Crippen LogP contribution in [0.25, 0.3) is 0 Å². The molecule has 0 aliphatic carbocycles. The van der Waals surface area contributed by atoms with Crippen LogP contribution in [-0.2, 0) is 111 Å². The summed E-state index contributed by atoms with van der Waals surface area (Å²) in [5.74, 6) is 1.21. The van der Waals surface area contributed by atoms with Crippen LogP contribution in [0, 0.1) is 0 Å². The Labute approximate surface area is 550 Å². The lowest BCUT2D eigenvalue weighted by Crippen LogP contribution is -2.68. The number of hydrogen-bond donors (Lipinski definition) is 1. The lowest BCUT2D eigenvalue weighted by molar-refractivity contribution is -0.272. The quantitative estimate of drug-likeness (QED) is 0.0165. The molecule has 7 aromatic carbocycles. The van der Waals surface area contributed by atoms with E-state index in [1.54, 1.807) is 51.7 Å². The van der Waals surface area contributed by atoms with Crippen LogP contribution in [0.4, 0.5) is 0 Å². The third-order valence-electron chi connectivity index (χ3n) is 15.7. The van der Waals surface area contributed by atoms with E-state index in [9.17, 15) is 4.79 Å². The number of carbonyl (C=O) groups excluding carboxylic acids is 2. The van der Waals surface area contributed by atoms with Crippen molar-refractivity contribution in [3.63, 3.8) is 0 Å². The SMILES string of the molecule is COC(=O)[C@@]1(CC2=C[C@H](Oc3ccc(OC)cc3)O[C@H](COCc3ccc(OC)cc3)[C@@H]2OCc2ccc(OC)cc2)C[C@H](OCOCc2ccccc2)[C@@H](NC(C)=O)[C@H]([C@@H](OCOCc2ccccc2)[C@@H](COCOCc2ccccc2)OCOCc2ccccc2)O1. The van der Waals surface area contributed by atoms with E-state index in [0.717, 1.165) is 33.4 Å². The van der Waals surface area contributed by atoms with Gasteiger partial charge in [0.25, 0.3) is 0 Å². The molecule has 500 valence electrons. The van der Waals surface area contributed by atoms with Crippen molar-refractivity contribution < 1.29 is 90.1 Å². The third-order valence-corrected chi connectivity index (χ3v) is 15.7. The van der Waals surface area contributed by atoms with E-state index in [2.05, 4.69) is 5.32 Å². The minimum absolute atomic E-state index is 0.0117. The molecule has 1 amide bonds. The average Bonchev–Trinajstić information content (AvgIpc) is 0.776. The fourth-order valence-corrected chi connectivity index (χ4v) is 11.0. The molecule has 0 unspecified atom stereocenters. The van der Waals surface area contributed by atoms with E-state index in [-0.39, 0.29) is 92.9 Å². The third kappa shape index (κ3) is 21.7. The van der Waals surface area contributed by atoms with Crippen molar-refractivity contribution in [1.82, 2.24) is 5.32 Å². The Morgan fingerprint density at radius 1 is 0.511 bits per heavy atom. The van der Waals surface area contributed by atoms with Gasteiger partial charge in [0.2, 0.25) is 12.2 Å². The summed E-state index contributed by atoms with van der Waals surface area (Å²) in [5.41, 5.74) is 3.84. The highest BCUT2D eigenvalue weighted by molar-refractivity contribution is 5.80. The van der Waals surface area contributed by atoms with Crippen molar-refractivity contribution >= 4 is 11.9 Å².